The number of benzene rings is 1. The quantitative estimate of drug-likeness (QED) is 0.492. The van der Waals surface area contributed by atoms with E-state index in [1.807, 2.05) is 0 Å². The Hall–Kier alpha value is -3.43. The summed E-state index contributed by atoms with van der Waals surface area (Å²) in [7, 11) is 1.44. The molecule has 0 atom stereocenters. The maximum absolute atomic E-state index is 10.4. The number of pyridine rings is 1. The van der Waals surface area contributed by atoms with Gasteiger partial charge in [0.1, 0.15) is 11.4 Å². The maximum atomic E-state index is 10.4. The molecule has 116 valence electrons. The average molecular weight is 307 g/mol. The molecule has 0 aliphatic rings. The number of hydrogen-bond acceptors (Lipinski definition) is 8. The van der Waals surface area contributed by atoms with E-state index in [1.54, 1.807) is 6.07 Å². The molecular weight excluding hydrogens is 294 g/mol. The molecule has 0 saturated carbocycles. The van der Waals surface area contributed by atoms with Gasteiger partial charge in [0.2, 0.25) is 5.82 Å². The van der Waals surface area contributed by atoms with Crippen molar-refractivity contribution in [3.8, 4) is 5.75 Å². The molecule has 2 aromatic rings. The summed E-state index contributed by atoms with van der Waals surface area (Å²) in [5.74, 6) is 0.378. The summed E-state index contributed by atoms with van der Waals surface area (Å²) in [5.41, 5.74) is 10.4. The zero-order chi connectivity index (χ0) is 16.7. The van der Waals surface area contributed by atoms with Gasteiger partial charge in [-0.15, -0.1) is 0 Å². The van der Waals surface area contributed by atoms with Crippen LogP contribution in [0.15, 0.2) is 36.5 Å². The number of nitrogens with two attached hydrogens (primary N) is 2. The first-order chi connectivity index (χ1) is 10.4. The largest absolute Gasteiger partial charge is 0.496 e. The average Bonchev–Trinajstić information content (AvgIpc) is 2.48. The lowest BCUT2D eigenvalue weighted by atomic mass is 10.2. The van der Waals surface area contributed by atoms with Crippen LogP contribution in [0, 0.1) is 20.2 Å². The van der Waals surface area contributed by atoms with Gasteiger partial charge in [0, 0.05) is 12.3 Å². The Morgan fingerprint density at radius 3 is 2.18 bits per heavy atom. The molecule has 0 aliphatic carbocycles. The number of nitro groups is 2. The van der Waals surface area contributed by atoms with Gasteiger partial charge >= 0.3 is 5.69 Å². The van der Waals surface area contributed by atoms with Gasteiger partial charge in [-0.05, 0) is 18.2 Å². The van der Waals surface area contributed by atoms with Crippen molar-refractivity contribution in [1.29, 1.82) is 0 Å². The first-order valence-electron chi connectivity index (χ1n) is 5.79. The van der Waals surface area contributed by atoms with E-state index in [2.05, 4.69) is 4.98 Å². The van der Waals surface area contributed by atoms with Crippen molar-refractivity contribution in [3.05, 3.63) is 56.8 Å². The molecule has 10 nitrogen and oxygen atoms in total. The van der Waals surface area contributed by atoms with Crippen LogP contribution in [0.5, 0.6) is 5.75 Å². The Morgan fingerprint density at radius 2 is 1.73 bits per heavy atom. The van der Waals surface area contributed by atoms with Crippen LogP contribution in [-0.2, 0) is 0 Å². The van der Waals surface area contributed by atoms with E-state index in [-0.39, 0.29) is 22.9 Å². The lowest BCUT2D eigenvalue weighted by Gasteiger charge is -2.00. The normalized spacial score (nSPS) is 9.32. The van der Waals surface area contributed by atoms with Crippen molar-refractivity contribution in [2.75, 3.05) is 18.6 Å². The van der Waals surface area contributed by atoms with E-state index >= 15 is 0 Å². The summed E-state index contributed by atoms with van der Waals surface area (Å²) in [6.07, 6.45) is 1.41. The van der Waals surface area contributed by atoms with Gasteiger partial charge in [0.25, 0.3) is 5.69 Å². The van der Waals surface area contributed by atoms with Crippen LogP contribution < -0.4 is 16.2 Å². The number of ether oxygens (including phenoxy) is 1. The Morgan fingerprint density at radius 1 is 1.09 bits per heavy atom. The molecule has 0 spiro atoms. The molecule has 0 fully saturated rings. The van der Waals surface area contributed by atoms with Crippen LogP contribution in [0.1, 0.15) is 0 Å². The fraction of sp³-hybridized carbons (Fsp3) is 0.0833. The number of methoxy groups -OCH3 is 1. The third-order valence-corrected chi connectivity index (χ3v) is 2.45. The maximum Gasteiger partial charge on any atom is 0.311 e. The molecule has 0 radical (unpaired) electrons. The van der Waals surface area contributed by atoms with Crippen LogP contribution >= 0.6 is 0 Å². The fourth-order valence-corrected chi connectivity index (χ4v) is 1.37. The predicted molar refractivity (Wildman–Crippen MR) is 79.4 cm³/mol. The highest BCUT2D eigenvalue weighted by Gasteiger charge is 2.11. The minimum absolute atomic E-state index is 0.0486. The smallest absolute Gasteiger partial charge is 0.311 e. The standard InChI is InChI=1S/C7H8N2O3.C5H5N3O2/c1-12-5-2-3-6(8)7(4-5)9(10)11;6-5-4(8(9)10)2-1-3-7-5/h2-4H,8H2,1H3;1-3H,(H2,6,7). The zero-order valence-electron chi connectivity index (χ0n) is 11.5. The molecular formula is C12H13N5O5. The van der Waals surface area contributed by atoms with Gasteiger partial charge in [-0.3, -0.25) is 20.2 Å². The SMILES string of the molecule is COc1ccc(N)c([N+](=O)[O-])c1.Nc1ncccc1[N+](=O)[O-]. The topological polar surface area (TPSA) is 160 Å². The summed E-state index contributed by atoms with van der Waals surface area (Å²) in [6.45, 7) is 0. The molecule has 2 rings (SSSR count). The van der Waals surface area contributed by atoms with E-state index < -0.39 is 9.85 Å². The number of anilines is 2. The summed E-state index contributed by atoms with van der Waals surface area (Å²) in [5, 5.41) is 20.5. The van der Waals surface area contributed by atoms with Crippen LogP contribution in [0.25, 0.3) is 0 Å². The van der Waals surface area contributed by atoms with E-state index in [1.165, 1.54) is 37.6 Å². The Labute approximate surface area is 124 Å². The molecule has 0 aliphatic heterocycles. The summed E-state index contributed by atoms with van der Waals surface area (Å²) < 4.78 is 4.80. The first kappa shape index (κ1) is 16.6. The van der Waals surface area contributed by atoms with Crippen molar-refractivity contribution in [2.45, 2.75) is 0 Å². The molecule has 0 amide bonds. The highest BCUT2D eigenvalue weighted by Crippen LogP contribution is 2.25. The van der Waals surface area contributed by atoms with Crippen LogP contribution in [0.3, 0.4) is 0 Å². The predicted octanol–water partition coefficient (Wildman–Crippen LogP) is 1.76. The molecule has 10 heteroatoms. The number of aromatic nitrogens is 1. The fourth-order valence-electron chi connectivity index (χ4n) is 1.37. The van der Waals surface area contributed by atoms with Gasteiger partial charge in [0.15, 0.2) is 0 Å². The van der Waals surface area contributed by atoms with Gasteiger partial charge in [-0.2, -0.15) is 0 Å². The first-order valence-corrected chi connectivity index (χ1v) is 5.79. The van der Waals surface area contributed by atoms with Crippen molar-refractivity contribution in [1.82, 2.24) is 4.98 Å². The number of rotatable bonds is 3. The second kappa shape index (κ2) is 7.38. The van der Waals surface area contributed by atoms with E-state index in [0.717, 1.165) is 0 Å². The van der Waals surface area contributed by atoms with E-state index in [4.69, 9.17) is 16.2 Å². The molecule has 1 aromatic heterocycles. The van der Waals surface area contributed by atoms with Crippen molar-refractivity contribution in [3.63, 3.8) is 0 Å². The monoisotopic (exact) mass is 307 g/mol. The second-order valence-electron chi connectivity index (χ2n) is 3.85. The lowest BCUT2D eigenvalue weighted by Crippen LogP contribution is -1.96. The van der Waals surface area contributed by atoms with Crippen molar-refractivity contribution >= 4 is 22.9 Å². The van der Waals surface area contributed by atoms with Crippen molar-refractivity contribution in [2.24, 2.45) is 0 Å². The summed E-state index contributed by atoms with van der Waals surface area (Å²) >= 11 is 0. The molecule has 1 heterocycles. The minimum Gasteiger partial charge on any atom is -0.496 e. The third kappa shape index (κ3) is 4.30. The zero-order valence-corrected chi connectivity index (χ0v) is 11.5. The summed E-state index contributed by atoms with van der Waals surface area (Å²) in [4.78, 5) is 22.9. The molecule has 4 N–H and O–H groups in total. The van der Waals surface area contributed by atoms with Crippen LogP contribution in [0.2, 0.25) is 0 Å². The third-order valence-electron chi connectivity index (χ3n) is 2.45. The molecule has 0 bridgehead atoms. The Bertz CT molecular complexity index is 691. The Balaban J connectivity index is 0.000000224. The summed E-state index contributed by atoms with van der Waals surface area (Å²) in [6, 6.07) is 7.07. The second-order valence-corrected chi connectivity index (χ2v) is 3.85. The van der Waals surface area contributed by atoms with Gasteiger partial charge < -0.3 is 16.2 Å². The van der Waals surface area contributed by atoms with E-state index in [0.29, 0.717) is 5.75 Å². The van der Waals surface area contributed by atoms with Gasteiger partial charge in [-0.1, -0.05) is 0 Å². The number of nitrogen functional groups attached to an aromatic ring is 2. The van der Waals surface area contributed by atoms with Gasteiger partial charge in [-0.25, -0.2) is 4.98 Å². The highest BCUT2D eigenvalue weighted by atomic mass is 16.6. The van der Waals surface area contributed by atoms with Crippen LogP contribution in [-0.4, -0.2) is 21.9 Å². The van der Waals surface area contributed by atoms with Crippen LogP contribution in [0.4, 0.5) is 22.9 Å². The van der Waals surface area contributed by atoms with Crippen molar-refractivity contribution < 1.29 is 14.6 Å². The number of nitro benzene ring substituents is 1. The Kier molecular flexibility index (Phi) is 5.58. The minimum atomic E-state index is -0.567. The highest BCUT2D eigenvalue weighted by molar-refractivity contribution is 5.60. The van der Waals surface area contributed by atoms with Gasteiger partial charge in [0.05, 0.1) is 23.0 Å². The lowest BCUT2D eigenvalue weighted by molar-refractivity contribution is -0.384. The molecule has 1 aromatic carbocycles. The van der Waals surface area contributed by atoms with E-state index in [9.17, 15) is 20.2 Å². The number of hydrogen-bond donors (Lipinski definition) is 2. The molecule has 0 unspecified atom stereocenters. The number of nitrogens with zero attached hydrogens (tertiary/aromatic N) is 3. The molecule has 0 saturated heterocycles. The molecule has 22 heavy (non-hydrogen) atoms.